The van der Waals surface area contributed by atoms with E-state index < -0.39 is 0 Å². The molecule has 1 aliphatic heterocycles. The molecule has 1 aliphatic rings. The summed E-state index contributed by atoms with van der Waals surface area (Å²) >= 11 is -0.281. The highest BCUT2D eigenvalue weighted by molar-refractivity contribution is 6.94. The largest absolute Gasteiger partial charge is 0.519 e. The molecule has 0 N–H and O–H groups in total. The Hall–Kier alpha value is 1.02. The summed E-state index contributed by atoms with van der Waals surface area (Å²) in [5.74, 6) is 0. The number of rotatable bonds is 1. The molecular formula is C6H12ClMgN. The van der Waals surface area contributed by atoms with Gasteiger partial charge in [-0.15, -0.1) is 0 Å². The summed E-state index contributed by atoms with van der Waals surface area (Å²) in [6, 6.07) is 0. The van der Waals surface area contributed by atoms with E-state index in [1.807, 2.05) is 0 Å². The van der Waals surface area contributed by atoms with E-state index in [0.717, 1.165) is 4.17 Å². The van der Waals surface area contributed by atoms with E-state index in [1.54, 1.807) is 0 Å². The predicted octanol–water partition coefficient (Wildman–Crippen LogP) is 1.29. The molecule has 50 valence electrons. The second-order valence-electron chi connectivity index (χ2n) is 2.78. The van der Waals surface area contributed by atoms with Crippen molar-refractivity contribution in [2.75, 3.05) is 13.6 Å². The van der Waals surface area contributed by atoms with Crippen LogP contribution in [-0.2, 0) is 0 Å². The highest BCUT2D eigenvalue weighted by Gasteiger charge is 2.19. The van der Waals surface area contributed by atoms with Gasteiger partial charge in [0, 0.05) is 0 Å². The van der Waals surface area contributed by atoms with Gasteiger partial charge in [-0.3, -0.25) is 0 Å². The SMILES string of the molecule is CN1CCCC[CH]1[Mg][Cl]. The van der Waals surface area contributed by atoms with E-state index in [0.29, 0.717) is 0 Å². The van der Waals surface area contributed by atoms with E-state index in [4.69, 9.17) is 9.07 Å². The molecule has 0 amide bonds. The fraction of sp³-hybridized carbons (Fsp3) is 1.00. The van der Waals surface area contributed by atoms with Crippen molar-refractivity contribution >= 4 is 28.3 Å². The molecule has 1 saturated heterocycles. The first-order valence-corrected chi connectivity index (χ1v) is 6.56. The van der Waals surface area contributed by atoms with Crippen molar-refractivity contribution in [1.82, 2.24) is 4.90 Å². The number of hydrogen-bond donors (Lipinski definition) is 0. The van der Waals surface area contributed by atoms with Gasteiger partial charge in [-0.25, -0.2) is 0 Å². The quantitative estimate of drug-likeness (QED) is 0.519. The molecule has 0 aromatic rings. The lowest BCUT2D eigenvalue weighted by Crippen LogP contribution is -2.38. The molecule has 1 heterocycles. The van der Waals surface area contributed by atoms with Crippen molar-refractivity contribution in [3.63, 3.8) is 0 Å². The summed E-state index contributed by atoms with van der Waals surface area (Å²) in [6.07, 6.45) is 4.12. The van der Waals surface area contributed by atoms with Crippen LogP contribution in [0.5, 0.6) is 0 Å². The minimum Gasteiger partial charge on any atom is -0.344 e. The summed E-state index contributed by atoms with van der Waals surface area (Å²) in [7, 11) is 8.07. The maximum absolute atomic E-state index is 5.87. The summed E-state index contributed by atoms with van der Waals surface area (Å²) in [5, 5.41) is 0. The van der Waals surface area contributed by atoms with Gasteiger partial charge >= 0.3 is 19.3 Å². The van der Waals surface area contributed by atoms with Gasteiger partial charge in [-0.05, 0) is 20.0 Å². The van der Waals surface area contributed by atoms with Crippen molar-refractivity contribution in [1.29, 1.82) is 0 Å². The number of likely N-dealkylation sites (tertiary alicyclic amines) is 1. The topological polar surface area (TPSA) is 3.24 Å². The Morgan fingerprint density at radius 1 is 1.56 bits per heavy atom. The average Bonchev–Trinajstić information content (AvgIpc) is 1.89. The normalized spacial score (nSPS) is 29.8. The van der Waals surface area contributed by atoms with Crippen molar-refractivity contribution in [2.24, 2.45) is 0 Å². The zero-order valence-corrected chi connectivity index (χ0v) is 8.11. The standard InChI is InChI=1S/C6H12N.ClH.Mg/c1-7-5-3-2-4-6-7;;/h5H,2-4,6H2,1H3;1H;/q;;+1/p-1. The zero-order chi connectivity index (χ0) is 6.69. The van der Waals surface area contributed by atoms with Crippen LogP contribution in [-0.4, -0.2) is 41.9 Å². The lowest BCUT2D eigenvalue weighted by atomic mass is 10.1. The Morgan fingerprint density at radius 3 is 2.78 bits per heavy atom. The summed E-state index contributed by atoms with van der Waals surface area (Å²) < 4.78 is 0.792. The van der Waals surface area contributed by atoms with Gasteiger partial charge in [0.25, 0.3) is 0 Å². The molecule has 0 saturated carbocycles. The lowest BCUT2D eigenvalue weighted by Gasteiger charge is -2.31. The van der Waals surface area contributed by atoms with Gasteiger partial charge in [0.2, 0.25) is 0 Å². The third kappa shape index (κ3) is 2.26. The molecule has 3 heteroatoms. The van der Waals surface area contributed by atoms with Crippen molar-refractivity contribution < 1.29 is 0 Å². The molecular weight excluding hydrogens is 146 g/mol. The van der Waals surface area contributed by atoms with Crippen molar-refractivity contribution in [2.45, 2.75) is 23.4 Å². The Labute approximate surface area is 70.2 Å². The number of hydrogen-bond acceptors (Lipinski definition) is 1. The molecule has 0 spiro atoms. The molecule has 0 aromatic heterocycles. The van der Waals surface area contributed by atoms with Crippen LogP contribution >= 0.6 is 9.07 Å². The van der Waals surface area contributed by atoms with Gasteiger partial charge < -0.3 is 14.0 Å². The molecule has 1 nitrogen and oxygen atoms in total. The molecule has 1 atom stereocenters. The van der Waals surface area contributed by atoms with E-state index in [-0.39, 0.29) is 19.3 Å². The van der Waals surface area contributed by atoms with E-state index in [9.17, 15) is 0 Å². The minimum atomic E-state index is -0.281. The Morgan fingerprint density at radius 2 is 2.33 bits per heavy atom. The fourth-order valence-corrected chi connectivity index (χ4v) is 3.37. The van der Waals surface area contributed by atoms with Crippen LogP contribution in [0, 0.1) is 0 Å². The monoisotopic (exact) mass is 157 g/mol. The van der Waals surface area contributed by atoms with Crippen LogP contribution < -0.4 is 0 Å². The van der Waals surface area contributed by atoms with Gasteiger partial charge in [0.1, 0.15) is 0 Å². The van der Waals surface area contributed by atoms with Gasteiger partial charge in [-0.2, -0.15) is 0 Å². The van der Waals surface area contributed by atoms with Crippen LogP contribution in [0.2, 0.25) is 0 Å². The summed E-state index contributed by atoms with van der Waals surface area (Å²) in [4.78, 5) is 2.42. The number of piperidine rings is 1. The van der Waals surface area contributed by atoms with Crippen LogP contribution in [0.15, 0.2) is 0 Å². The first-order valence-electron chi connectivity index (χ1n) is 3.61. The lowest BCUT2D eigenvalue weighted by molar-refractivity contribution is 0.245. The Balaban J connectivity index is 2.30. The Bertz CT molecular complexity index is 89.1. The molecule has 9 heavy (non-hydrogen) atoms. The molecule has 0 bridgehead atoms. The predicted molar refractivity (Wildman–Crippen MR) is 41.9 cm³/mol. The van der Waals surface area contributed by atoms with E-state index in [2.05, 4.69) is 11.9 Å². The van der Waals surface area contributed by atoms with Crippen molar-refractivity contribution in [3.05, 3.63) is 0 Å². The van der Waals surface area contributed by atoms with Crippen molar-refractivity contribution in [3.8, 4) is 0 Å². The van der Waals surface area contributed by atoms with E-state index >= 15 is 0 Å². The van der Waals surface area contributed by atoms with E-state index in [1.165, 1.54) is 25.8 Å². The summed E-state index contributed by atoms with van der Waals surface area (Å²) in [5.41, 5.74) is 0. The maximum atomic E-state index is 5.87. The van der Waals surface area contributed by atoms with Crippen LogP contribution in [0.4, 0.5) is 0 Å². The molecule has 0 radical (unpaired) electrons. The average molecular weight is 158 g/mol. The molecule has 0 aliphatic carbocycles. The first kappa shape index (κ1) is 8.12. The third-order valence-corrected chi connectivity index (χ3v) is 4.56. The van der Waals surface area contributed by atoms with Gasteiger partial charge in [0.05, 0.1) is 0 Å². The van der Waals surface area contributed by atoms with Gasteiger partial charge in [-0.1, -0.05) is 17.0 Å². The maximum Gasteiger partial charge on any atom is 0.519 e. The summed E-state index contributed by atoms with van der Waals surface area (Å²) in [6.45, 7) is 1.27. The second-order valence-corrected chi connectivity index (χ2v) is 4.96. The van der Waals surface area contributed by atoms with Gasteiger partial charge in [0.15, 0.2) is 0 Å². The third-order valence-electron chi connectivity index (χ3n) is 2.10. The second kappa shape index (κ2) is 4.01. The fourth-order valence-electron chi connectivity index (χ4n) is 1.34. The first-order chi connectivity index (χ1) is 4.34. The molecule has 1 rings (SSSR count). The highest BCUT2D eigenvalue weighted by atomic mass is 35.5. The Kier molecular flexibility index (Phi) is 3.62. The molecule has 1 fully saturated rings. The minimum absolute atomic E-state index is 0.281. The van der Waals surface area contributed by atoms with Crippen LogP contribution in [0.1, 0.15) is 19.3 Å². The highest BCUT2D eigenvalue weighted by Crippen LogP contribution is 2.14. The van der Waals surface area contributed by atoms with Crippen LogP contribution in [0.3, 0.4) is 0 Å². The number of halogens is 1. The number of nitrogens with zero attached hydrogens (tertiary/aromatic N) is 1. The smallest absolute Gasteiger partial charge is 0.344 e. The zero-order valence-electron chi connectivity index (χ0n) is 5.94. The molecule has 1 unspecified atom stereocenters. The van der Waals surface area contributed by atoms with Crippen LogP contribution in [0.25, 0.3) is 0 Å². The molecule has 0 aromatic carbocycles.